The van der Waals surface area contributed by atoms with Gasteiger partial charge in [-0.15, -0.1) is 0 Å². The lowest BCUT2D eigenvalue weighted by Gasteiger charge is -2.30. The van der Waals surface area contributed by atoms with Gasteiger partial charge in [0.1, 0.15) is 5.60 Å². The summed E-state index contributed by atoms with van der Waals surface area (Å²) in [5.74, 6) is 0. The average Bonchev–Trinajstić information content (AvgIpc) is 2.69. The fourth-order valence-corrected chi connectivity index (χ4v) is 3.19. The van der Waals surface area contributed by atoms with Crippen molar-refractivity contribution in [3.63, 3.8) is 0 Å². The second kappa shape index (κ2) is 4.87. The minimum Gasteiger partial charge on any atom is -0.441 e. The Hall–Kier alpha value is -1.51. The lowest BCUT2D eigenvalue weighted by Crippen LogP contribution is -2.36. The molecule has 0 bridgehead atoms. The molecule has 1 aliphatic heterocycles. The molecule has 1 aromatic rings. The first-order valence-corrected chi connectivity index (χ1v) is 7.20. The zero-order valence-corrected chi connectivity index (χ0v) is 11.5. The monoisotopic (exact) mass is 259 g/mol. The molecule has 19 heavy (non-hydrogen) atoms. The minimum atomic E-state index is -0.181. The normalized spacial score (nSPS) is 21.7. The number of rotatable bonds is 2. The molecule has 1 aromatic carbocycles. The number of hydrogen-bond donors (Lipinski definition) is 0. The van der Waals surface area contributed by atoms with E-state index in [9.17, 15) is 4.79 Å². The highest BCUT2D eigenvalue weighted by atomic mass is 16.6. The highest BCUT2D eigenvalue weighted by molar-refractivity contribution is 5.70. The summed E-state index contributed by atoms with van der Waals surface area (Å²) in [6, 6.07) is 8.36. The first kappa shape index (κ1) is 12.5. The van der Waals surface area contributed by atoms with Gasteiger partial charge < -0.3 is 4.74 Å². The Balaban J connectivity index is 1.68. The molecular formula is C16H21NO2. The quantitative estimate of drug-likeness (QED) is 0.811. The van der Waals surface area contributed by atoms with Crippen LogP contribution in [0.2, 0.25) is 0 Å². The third-order valence-electron chi connectivity index (χ3n) is 4.30. The Morgan fingerprint density at radius 3 is 2.53 bits per heavy atom. The maximum Gasteiger partial charge on any atom is 0.410 e. The van der Waals surface area contributed by atoms with Gasteiger partial charge >= 0.3 is 6.09 Å². The minimum absolute atomic E-state index is 0.137. The molecule has 1 saturated carbocycles. The van der Waals surface area contributed by atoms with E-state index in [1.54, 1.807) is 0 Å². The highest BCUT2D eigenvalue weighted by Gasteiger charge is 2.45. The molecule has 0 N–H and O–H groups in total. The SMILES string of the molecule is Cc1ccc(CN2CC3(CCCCC3)OC2=O)cc1. The maximum absolute atomic E-state index is 12.0. The Morgan fingerprint density at radius 1 is 1.16 bits per heavy atom. The van der Waals surface area contributed by atoms with E-state index in [2.05, 4.69) is 31.2 Å². The van der Waals surface area contributed by atoms with E-state index in [1.165, 1.54) is 30.4 Å². The van der Waals surface area contributed by atoms with Crippen molar-refractivity contribution < 1.29 is 9.53 Å². The molecule has 1 spiro atoms. The second-order valence-corrected chi connectivity index (χ2v) is 5.95. The predicted molar refractivity (Wildman–Crippen MR) is 73.9 cm³/mol. The van der Waals surface area contributed by atoms with Crippen molar-refractivity contribution in [3.8, 4) is 0 Å². The fourth-order valence-electron chi connectivity index (χ4n) is 3.19. The first-order chi connectivity index (χ1) is 9.17. The number of ether oxygens (including phenoxy) is 1. The maximum atomic E-state index is 12.0. The highest BCUT2D eigenvalue weighted by Crippen LogP contribution is 2.37. The molecule has 0 atom stereocenters. The van der Waals surface area contributed by atoms with Gasteiger partial charge in [-0.25, -0.2) is 4.79 Å². The molecule has 3 nitrogen and oxygen atoms in total. The van der Waals surface area contributed by atoms with Crippen molar-refractivity contribution in [1.29, 1.82) is 0 Å². The lowest BCUT2D eigenvalue weighted by atomic mass is 9.85. The molecule has 2 fully saturated rings. The molecule has 3 heteroatoms. The van der Waals surface area contributed by atoms with Crippen LogP contribution in [-0.4, -0.2) is 23.1 Å². The van der Waals surface area contributed by atoms with Crippen LogP contribution in [0.5, 0.6) is 0 Å². The molecule has 1 amide bonds. The summed E-state index contributed by atoms with van der Waals surface area (Å²) in [5, 5.41) is 0. The number of aryl methyl sites for hydroxylation is 1. The summed E-state index contributed by atoms with van der Waals surface area (Å²) < 4.78 is 5.69. The lowest BCUT2D eigenvalue weighted by molar-refractivity contribution is 0.0260. The van der Waals surface area contributed by atoms with Gasteiger partial charge in [-0.3, -0.25) is 4.90 Å². The third-order valence-corrected chi connectivity index (χ3v) is 4.30. The van der Waals surface area contributed by atoms with E-state index in [-0.39, 0.29) is 11.7 Å². The van der Waals surface area contributed by atoms with Gasteiger partial charge in [0.2, 0.25) is 0 Å². The molecule has 0 radical (unpaired) electrons. The molecule has 0 aromatic heterocycles. The van der Waals surface area contributed by atoms with Crippen molar-refractivity contribution >= 4 is 6.09 Å². The van der Waals surface area contributed by atoms with Crippen molar-refractivity contribution in [2.24, 2.45) is 0 Å². The third kappa shape index (κ3) is 2.60. The standard InChI is InChI=1S/C16H21NO2/c1-13-5-7-14(8-6-13)11-17-12-16(19-15(17)18)9-3-2-4-10-16/h5-8H,2-4,9-12H2,1H3. The van der Waals surface area contributed by atoms with Crippen LogP contribution in [0.25, 0.3) is 0 Å². The van der Waals surface area contributed by atoms with E-state index in [1.807, 2.05) is 4.90 Å². The van der Waals surface area contributed by atoms with Crippen molar-refractivity contribution in [2.75, 3.05) is 6.54 Å². The molecule has 3 rings (SSSR count). The van der Waals surface area contributed by atoms with Gasteiger partial charge in [0.15, 0.2) is 0 Å². The van der Waals surface area contributed by atoms with Crippen LogP contribution in [0.15, 0.2) is 24.3 Å². The summed E-state index contributed by atoms with van der Waals surface area (Å²) in [5.41, 5.74) is 2.24. The number of benzene rings is 1. The Kier molecular flexibility index (Phi) is 3.21. The molecule has 2 aliphatic rings. The molecule has 0 unspecified atom stereocenters. The summed E-state index contributed by atoms with van der Waals surface area (Å²) in [7, 11) is 0. The van der Waals surface area contributed by atoms with Gasteiger partial charge in [0.05, 0.1) is 6.54 Å². The van der Waals surface area contributed by atoms with E-state index >= 15 is 0 Å². The van der Waals surface area contributed by atoms with Crippen LogP contribution in [0.1, 0.15) is 43.2 Å². The Bertz CT molecular complexity index is 460. The fraction of sp³-hybridized carbons (Fsp3) is 0.562. The number of carbonyl (C=O) groups excluding carboxylic acids is 1. The predicted octanol–water partition coefficient (Wildman–Crippen LogP) is 3.65. The van der Waals surface area contributed by atoms with Gasteiger partial charge in [-0.05, 0) is 38.2 Å². The number of amides is 1. The number of carbonyl (C=O) groups is 1. The zero-order valence-electron chi connectivity index (χ0n) is 11.5. The van der Waals surface area contributed by atoms with Crippen LogP contribution >= 0.6 is 0 Å². The zero-order chi connectivity index (χ0) is 13.3. The van der Waals surface area contributed by atoms with Gasteiger partial charge in [-0.1, -0.05) is 36.2 Å². The smallest absolute Gasteiger partial charge is 0.410 e. The topological polar surface area (TPSA) is 29.5 Å². The van der Waals surface area contributed by atoms with E-state index in [0.29, 0.717) is 6.54 Å². The van der Waals surface area contributed by atoms with Crippen molar-refractivity contribution in [2.45, 2.75) is 51.2 Å². The summed E-state index contributed by atoms with van der Waals surface area (Å²) >= 11 is 0. The molecule has 1 aliphatic carbocycles. The van der Waals surface area contributed by atoms with Crippen LogP contribution in [0.3, 0.4) is 0 Å². The van der Waals surface area contributed by atoms with Gasteiger partial charge in [-0.2, -0.15) is 0 Å². The number of hydrogen-bond acceptors (Lipinski definition) is 2. The van der Waals surface area contributed by atoms with E-state index in [4.69, 9.17) is 4.74 Å². The largest absolute Gasteiger partial charge is 0.441 e. The second-order valence-electron chi connectivity index (χ2n) is 5.95. The molecule has 1 heterocycles. The average molecular weight is 259 g/mol. The van der Waals surface area contributed by atoms with Gasteiger partial charge in [0.25, 0.3) is 0 Å². The van der Waals surface area contributed by atoms with E-state index < -0.39 is 0 Å². The van der Waals surface area contributed by atoms with E-state index in [0.717, 1.165) is 19.4 Å². The first-order valence-electron chi connectivity index (χ1n) is 7.20. The van der Waals surface area contributed by atoms with Crippen LogP contribution in [0, 0.1) is 6.92 Å². The van der Waals surface area contributed by atoms with Crippen LogP contribution in [-0.2, 0) is 11.3 Å². The number of nitrogens with zero attached hydrogens (tertiary/aromatic N) is 1. The Labute approximate surface area is 114 Å². The van der Waals surface area contributed by atoms with Crippen LogP contribution < -0.4 is 0 Å². The van der Waals surface area contributed by atoms with Crippen molar-refractivity contribution in [1.82, 2.24) is 4.90 Å². The van der Waals surface area contributed by atoms with Crippen LogP contribution in [0.4, 0.5) is 4.79 Å². The summed E-state index contributed by atoms with van der Waals surface area (Å²) in [6.07, 6.45) is 5.57. The molecule has 1 saturated heterocycles. The summed E-state index contributed by atoms with van der Waals surface area (Å²) in [6.45, 7) is 3.51. The van der Waals surface area contributed by atoms with Gasteiger partial charge in [0, 0.05) is 6.54 Å². The Morgan fingerprint density at radius 2 is 1.84 bits per heavy atom. The molecule has 102 valence electrons. The summed E-state index contributed by atoms with van der Waals surface area (Å²) in [4.78, 5) is 13.9. The molecular weight excluding hydrogens is 238 g/mol. The van der Waals surface area contributed by atoms with Crippen molar-refractivity contribution in [3.05, 3.63) is 35.4 Å².